The van der Waals surface area contributed by atoms with Crippen molar-refractivity contribution < 1.29 is 17.9 Å². The van der Waals surface area contributed by atoms with E-state index in [9.17, 15) is 8.42 Å². The average Bonchev–Trinajstić information content (AvgIpc) is 2.93. The number of ether oxygens (including phenoxy) is 2. The Morgan fingerprint density at radius 3 is 2.35 bits per heavy atom. The molecule has 0 amide bonds. The van der Waals surface area contributed by atoms with Crippen LogP contribution in [0, 0.1) is 0 Å². The number of rotatable bonds is 9. The van der Waals surface area contributed by atoms with Crippen LogP contribution in [0.15, 0.2) is 64.7 Å². The highest BCUT2D eigenvalue weighted by Crippen LogP contribution is 2.33. The van der Waals surface area contributed by atoms with E-state index in [0.717, 1.165) is 16.8 Å². The van der Waals surface area contributed by atoms with Gasteiger partial charge in [0.15, 0.2) is 5.82 Å². The number of sulfonamides is 1. The molecule has 0 radical (unpaired) electrons. The smallest absolute Gasteiger partial charge is 0.263 e. The Morgan fingerprint density at radius 1 is 1.02 bits per heavy atom. The molecule has 0 saturated carbocycles. The van der Waals surface area contributed by atoms with Crippen molar-refractivity contribution >= 4 is 50.7 Å². The van der Waals surface area contributed by atoms with E-state index in [-0.39, 0.29) is 28.3 Å². The maximum Gasteiger partial charge on any atom is 0.263 e. The molecule has 2 aromatic carbocycles. The first-order valence-electron chi connectivity index (χ1n) is 12.0. The monoisotopic (exact) mass is 582 g/mol. The summed E-state index contributed by atoms with van der Waals surface area (Å²) in [5, 5.41) is 3.73. The number of amidine groups is 1. The van der Waals surface area contributed by atoms with Crippen LogP contribution in [-0.4, -0.2) is 48.4 Å². The number of methoxy groups -OCH3 is 2. The molecule has 0 spiro atoms. The van der Waals surface area contributed by atoms with Crippen LogP contribution in [-0.2, 0) is 16.4 Å². The third-order valence-corrected chi connectivity index (χ3v) is 7.23. The summed E-state index contributed by atoms with van der Waals surface area (Å²) in [5.41, 5.74) is 9.24. The number of nitrogens with zero attached hydrogens (tertiary/aromatic N) is 5. The molecular formula is C26H27ClN8O4S. The number of hydrogen-bond acceptors (Lipinski definition) is 10. The molecule has 0 atom stereocenters. The molecule has 0 aliphatic heterocycles. The Morgan fingerprint density at radius 2 is 1.73 bits per heavy atom. The second-order valence-electron chi connectivity index (χ2n) is 8.31. The van der Waals surface area contributed by atoms with Gasteiger partial charge in [0.1, 0.15) is 18.0 Å². The van der Waals surface area contributed by atoms with E-state index in [4.69, 9.17) is 26.8 Å². The first kappa shape index (κ1) is 28.5. The number of aryl methyl sites for hydroxylation is 1. The Labute approximate surface area is 236 Å². The summed E-state index contributed by atoms with van der Waals surface area (Å²) in [6.45, 7) is 3.71. The minimum Gasteiger partial charge on any atom is -0.489 e. The molecule has 40 heavy (non-hydrogen) atoms. The summed E-state index contributed by atoms with van der Waals surface area (Å²) >= 11 is 6.01. The molecule has 14 heteroatoms. The third-order valence-electron chi connectivity index (χ3n) is 5.63. The molecule has 4 aromatic rings. The Bertz CT molecular complexity index is 1650. The number of hydrogen-bond donors (Lipinski definition) is 3. The van der Waals surface area contributed by atoms with E-state index in [1.54, 1.807) is 31.2 Å². The maximum absolute atomic E-state index is 12.9. The predicted octanol–water partition coefficient (Wildman–Crippen LogP) is 4.71. The summed E-state index contributed by atoms with van der Waals surface area (Å²) < 4.78 is 38.5. The first-order chi connectivity index (χ1) is 19.1. The normalized spacial score (nSPS) is 11.7. The van der Waals surface area contributed by atoms with Gasteiger partial charge in [0.2, 0.25) is 5.75 Å². The SMILES string of the molecule is CCc1nc(/N=C(\C)Nc2ccc(S(=O)(=O)Nc3ncnc(OC)c3OC)cc2)nc(N)c1-c1ccc(Cl)cc1. The van der Waals surface area contributed by atoms with Crippen molar-refractivity contribution in [1.82, 2.24) is 19.9 Å². The van der Waals surface area contributed by atoms with E-state index < -0.39 is 10.0 Å². The summed E-state index contributed by atoms with van der Waals surface area (Å²) in [5.74, 6) is 1.10. The molecular weight excluding hydrogens is 556 g/mol. The van der Waals surface area contributed by atoms with Crippen LogP contribution in [0.25, 0.3) is 11.1 Å². The van der Waals surface area contributed by atoms with Gasteiger partial charge in [0, 0.05) is 16.3 Å². The van der Waals surface area contributed by atoms with Crippen molar-refractivity contribution in [3.05, 3.63) is 65.6 Å². The van der Waals surface area contributed by atoms with Gasteiger partial charge >= 0.3 is 0 Å². The molecule has 0 unspecified atom stereocenters. The fraction of sp³-hybridized carbons (Fsp3) is 0.192. The number of aromatic nitrogens is 4. The second kappa shape index (κ2) is 12.1. The zero-order valence-corrected chi connectivity index (χ0v) is 23.7. The molecule has 4 N–H and O–H groups in total. The number of nitrogen functional groups attached to an aromatic ring is 1. The van der Waals surface area contributed by atoms with Gasteiger partial charge in [0.05, 0.1) is 24.8 Å². The lowest BCUT2D eigenvalue weighted by atomic mass is 10.0. The van der Waals surface area contributed by atoms with Crippen LogP contribution in [0.3, 0.4) is 0 Å². The second-order valence-corrected chi connectivity index (χ2v) is 10.4. The van der Waals surface area contributed by atoms with Gasteiger partial charge in [-0.15, -0.1) is 0 Å². The molecule has 208 valence electrons. The fourth-order valence-corrected chi connectivity index (χ4v) is 4.94. The van der Waals surface area contributed by atoms with Crippen molar-refractivity contribution in [3.8, 4) is 22.8 Å². The molecule has 2 heterocycles. The van der Waals surface area contributed by atoms with E-state index in [1.165, 1.54) is 32.7 Å². The molecule has 2 aromatic heterocycles. The summed E-state index contributed by atoms with van der Waals surface area (Å²) in [7, 11) is -1.23. The Balaban J connectivity index is 1.51. The van der Waals surface area contributed by atoms with Gasteiger partial charge in [-0.25, -0.2) is 18.4 Å². The fourth-order valence-electron chi connectivity index (χ4n) is 3.80. The Hall–Kier alpha value is -4.49. The van der Waals surface area contributed by atoms with Gasteiger partial charge in [-0.3, -0.25) is 4.72 Å². The van der Waals surface area contributed by atoms with Crippen LogP contribution < -0.4 is 25.2 Å². The van der Waals surface area contributed by atoms with Crippen LogP contribution >= 0.6 is 11.6 Å². The van der Waals surface area contributed by atoms with Crippen LogP contribution in [0.5, 0.6) is 11.6 Å². The van der Waals surface area contributed by atoms with Crippen LogP contribution in [0.1, 0.15) is 19.5 Å². The van der Waals surface area contributed by atoms with Gasteiger partial charge < -0.3 is 20.5 Å². The molecule has 0 fully saturated rings. The number of nitrogens with two attached hydrogens (primary N) is 1. The largest absolute Gasteiger partial charge is 0.489 e. The van der Waals surface area contributed by atoms with Crippen molar-refractivity contribution in [1.29, 1.82) is 0 Å². The zero-order valence-electron chi connectivity index (χ0n) is 22.1. The minimum atomic E-state index is -3.98. The zero-order chi connectivity index (χ0) is 28.9. The lowest BCUT2D eigenvalue weighted by molar-refractivity contribution is 0.342. The first-order valence-corrected chi connectivity index (χ1v) is 13.8. The van der Waals surface area contributed by atoms with Crippen molar-refractivity contribution in [2.75, 3.05) is 30.0 Å². The predicted molar refractivity (Wildman–Crippen MR) is 155 cm³/mol. The van der Waals surface area contributed by atoms with E-state index in [0.29, 0.717) is 28.8 Å². The van der Waals surface area contributed by atoms with E-state index in [1.807, 2.05) is 19.1 Å². The average molecular weight is 583 g/mol. The van der Waals surface area contributed by atoms with E-state index >= 15 is 0 Å². The topological polar surface area (TPSA) is 167 Å². The number of anilines is 3. The minimum absolute atomic E-state index is 0.00811. The molecule has 12 nitrogen and oxygen atoms in total. The number of nitrogens with one attached hydrogen (secondary N) is 2. The highest BCUT2D eigenvalue weighted by atomic mass is 35.5. The number of aliphatic imine (C=N–C) groups is 1. The van der Waals surface area contributed by atoms with Crippen LogP contribution in [0.2, 0.25) is 5.02 Å². The lowest BCUT2D eigenvalue weighted by Gasteiger charge is -2.13. The van der Waals surface area contributed by atoms with Crippen molar-refractivity contribution in [2.24, 2.45) is 4.99 Å². The lowest BCUT2D eigenvalue weighted by Crippen LogP contribution is -2.15. The quantitative estimate of drug-likeness (QED) is 0.186. The molecule has 0 saturated heterocycles. The molecule has 0 aliphatic carbocycles. The summed E-state index contributed by atoms with van der Waals surface area (Å²) in [6.07, 6.45) is 1.79. The third kappa shape index (κ3) is 6.38. The molecule has 4 rings (SSSR count). The van der Waals surface area contributed by atoms with Gasteiger partial charge in [-0.1, -0.05) is 30.7 Å². The van der Waals surface area contributed by atoms with E-state index in [2.05, 4.69) is 35.0 Å². The van der Waals surface area contributed by atoms with Crippen molar-refractivity contribution in [3.63, 3.8) is 0 Å². The van der Waals surface area contributed by atoms with Gasteiger partial charge in [-0.2, -0.15) is 15.0 Å². The Kier molecular flexibility index (Phi) is 8.65. The molecule has 0 bridgehead atoms. The number of benzene rings is 2. The standard InChI is InChI=1S/C26H27ClN8O4S/c1-5-20-21(16-6-8-17(27)9-7-16)23(28)34-26(33-20)32-15(2)31-18-10-12-19(13-11-18)40(36,37)35-24-22(38-3)25(39-4)30-14-29-24/h6-14H,5H2,1-4H3,(H,29,30,35)(H3,28,31,32,33,34). The number of halogens is 1. The maximum atomic E-state index is 12.9. The van der Waals surface area contributed by atoms with Gasteiger partial charge in [-0.05, 0) is 55.3 Å². The highest BCUT2D eigenvalue weighted by molar-refractivity contribution is 7.92. The summed E-state index contributed by atoms with van der Waals surface area (Å²) in [6, 6.07) is 13.4. The van der Waals surface area contributed by atoms with Crippen LogP contribution in [0.4, 0.5) is 23.3 Å². The van der Waals surface area contributed by atoms with Crippen molar-refractivity contribution in [2.45, 2.75) is 25.2 Å². The molecule has 0 aliphatic rings. The summed E-state index contributed by atoms with van der Waals surface area (Å²) in [4.78, 5) is 21.2. The highest BCUT2D eigenvalue weighted by Gasteiger charge is 2.21. The van der Waals surface area contributed by atoms with Gasteiger partial charge in [0.25, 0.3) is 21.9 Å².